The van der Waals surface area contributed by atoms with Crippen molar-refractivity contribution in [2.24, 2.45) is 11.8 Å². The van der Waals surface area contributed by atoms with Gasteiger partial charge in [-0.2, -0.15) is 0 Å². The first-order chi connectivity index (χ1) is 12.4. The average molecular weight is 359 g/mol. The second-order valence-electron chi connectivity index (χ2n) is 7.34. The number of rotatable bonds is 6. The van der Waals surface area contributed by atoms with Gasteiger partial charge in [0.1, 0.15) is 0 Å². The van der Waals surface area contributed by atoms with Crippen molar-refractivity contribution in [3.8, 4) is 0 Å². The van der Waals surface area contributed by atoms with Crippen molar-refractivity contribution in [1.29, 1.82) is 0 Å². The van der Waals surface area contributed by atoms with Crippen molar-refractivity contribution < 1.29 is 14.4 Å². The molecule has 6 heteroatoms. The van der Waals surface area contributed by atoms with Crippen molar-refractivity contribution in [3.05, 3.63) is 35.4 Å². The fourth-order valence-electron chi connectivity index (χ4n) is 3.30. The minimum atomic E-state index is -0.499. The lowest BCUT2D eigenvalue weighted by molar-refractivity contribution is -0.121. The van der Waals surface area contributed by atoms with E-state index in [0.29, 0.717) is 19.0 Å². The highest BCUT2D eigenvalue weighted by Gasteiger charge is 2.26. The van der Waals surface area contributed by atoms with Crippen LogP contribution in [0, 0.1) is 11.8 Å². The van der Waals surface area contributed by atoms with E-state index < -0.39 is 6.03 Å². The Morgan fingerprint density at radius 2 is 1.73 bits per heavy atom. The summed E-state index contributed by atoms with van der Waals surface area (Å²) in [5.41, 5.74) is 2.03. The van der Waals surface area contributed by atoms with Crippen molar-refractivity contribution in [2.75, 3.05) is 26.7 Å². The van der Waals surface area contributed by atoms with Crippen LogP contribution in [0.25, 0.3) is 0 Å². The lowest BCUT2D eigenvalue weighted by Crippen LogP contribution is -2.46. The minimum absolute atomic E-state index is 0.00389. The number of nitrogens with one attached hydrogen (secondary N) is 2. The molecular weight excluding hydrogens is 330 g/mol. The zero-order valence-corrected chi connectivity index (χ0v) is 15.9. The molecule has 1 aliphatic rings. The first kappa shape index (κ1) is 20.1. The van der Waals surface area contributed by atoms with Crippen LogP contribution in [-0.2, 0) is 11.2 Å². The first-order valence-corrected chi connectivity index (χ1v) is 9.26. The third-order valence-electron chi connectivity index (χ3n) is 4.69. The molecule has 2 N–H and O–H groups in total. The molecule has 1 aliphatic heterocycles. The summed E-state index contributed by atoms with van der Waals surface area (Å²) in [5.74, 6) is 0.469. The van der Waals surface area contributed by atoms with E-state index in [2.05, 4.69) is 24.5 Å². The van der Waals surface area contributed by atoms with Crippen LogP contribution in [-0.4, -0.2) is 49.3 Å². The smallest absolute Gasteiger partial charge is 0.321 e. The van der Waals surface area contributed by atoms with Crippen LogP contribution in [0.4, 0.5) is 4.79 Å². The number of benzene rings is 1. The summed E-state index contributed by atoms with van der Waals surface area (Å²) in [6.45, 7) is 5.91. The average Bonchev–Trinajstić information content (AvgIpc) is 2.61. The Balaban J connectivity index is 1.82. The molecule has 0 aromatic heterocycles. The van der Waals surface area contributed by atoms with E-state index in [4.69, 9.17) is 0 Å². The first-order valence-electron chi connectivity index (χ1n) is 9.26. The van der Waals surface area contributed by atoms with Gasteiger partial charge in [0.15, 0.2) is 5.78 Å². The molecule has 26 heavy (non-hydrogen) atoms. The van der Waals surface area contributed by atoms with Crippen LogP contribution in [0.1, 0.15) is 42.6 Å². The summed E-state index contributed by atoms with van der Waals surface area (Å²) in [5, 5.41) is 4.61. The quantitative estimate of drug-likeness (QED) is 0.764. The van der Waals surface area contributed by atoms with Crippen LogP contribution < -0.4 is 10.6 Å². The minimum Gasteiger partial charge on any atom is -0.341 e. The molecule has 0 unspecified atom stereocenters. The zero-order chi connectivity index (χ0) is 19.1. The lowest BCUT2D eigenvalue weighted by atomic mass is 9.88. The number of carbonyl (C=O) groups is 3. The molecule has 0 radical (unpaired) electrons. The Labute approximate surface area is 155 Å². The van der Waals surface area contributed by atoms with Gasteiger partial charge in [-0.3, -0.25) is 19.8 Å². The van der Waals surface area contributed by atoms with E-state index in [0.717, 1.165) is 24.8 Å². The van der Waals surface area contributed by atoms with Crippen LogP contribution in [0.5, 0.6) is 0 Å². The number of imide groups is 1. The Hall–Kier alpha value is -2.21. The van der Waals surface area contributed by atoms with Gasteiger partial charge in [-0.1, -0.05) is 38.1 Å². The summed E-state index contributed by atoms with van der Waals surface area (Å²) < 4.78 is 0. The van der Waals surface area contributed by atoms with Crippen molar-refractivity contribution in [3.63, 3.8) is 0 Å². The van der Waals surface area contributed by atoms with Gasteiger partial charge < -0.3 is 5.32 Å². The van der Waals surface area contributed by atoms with Gasteiger partial charge in [0, 0.05) is 18.5 Å². The summed E-state index contributed by atoms with van der Waals surface area (Å²) >= 11 is 0. The molecule has 1 aromatic carbocycles. The second-order valence-corrected chi connectivity index (χ2v) is 7.34. The number of ketones is 1. The van der Waals surface area contributed by atoms with Gasteiger partial charge in [0.2, 0.25) is 5.91 Å². The van der Waals surface area contributed by atoms with Crippen LogP contribution in [0.2, 0.25) is 0 Å². The highest BCUT2D eigenvalue weighted by molar-refractivity contribution is 5.98. The number of hydrogen-bond donors (Lipinski definition) is 2. The van der Waals surface area contributed by atoms with Gasteiger partial charge in [-0.15, -0.1) is 0 Å². The molecule has 2 rings (SSSR count). The molecule has 1 heterocycles. The van der Waals surface area contributed by atoms with Crippen LogP contribution >= 0.6 is 0 Å². The number of nitrogens with zero attached hydrogens (tertiary/aromatic N) is 1. The molecule has 0 bridgehead atoms. The number of likely N-dealkylation sites (tertiary alicyclic amines) is 1. The maximum atomic E-state index is 12.7. The fraction of sp³-hybridized carbons (Fsp3) is 0.550. The molecule has 1 aromatic rings. The van der Waals surface area contributed by atoms with Gasteiger partial charge in [-0.05, 0) is 43.8 Å². The van der Waals surface area contributed by atoms with Crippen molar-refractivity contribution >= 4 is 17.7 Å². The van der Waals surface area contributed by atoms with Crippen molar-refractivity contribution in [1.82, 2.24) is 15.5 Å². The molecule has 142 valence electrons. The van der Waals surface area contributed by atoms with Gasteiger partial charge in [0.05, 0.1) is 6.54 Å². The maximum Gasteiger partial charge on any atom is 0.321 e. The lowest BCUT2D eigenvalue weighted by Gasteiger charge is -2.30. The molecule has 1 saturated heterocycles. The molecule has 3 amide bonds. The van der Waals surface area contributed by atoms with E-state index in [9.17, 15) is 14.4 Å². The third kappa shape index (κ3) is 5.95. The Morgan fingerprint density at radius 3 is 2.27 bits per heavy atom. The molecule has 6 nitrogen and oxygen atoms in total. The van der Waals surface area contributed by atoms with Crippen LogP contribution in [0.3, 0.4) is 0 Å². The third-order valence-corrected chi connectivity index (χ3v) is 4.69. The van der Waals surface area contributed by atoms with Crippen molar-refractivity contribution in [2.45, 2.75) is 33.1 Å². The number of amides is 3. The standard InChI is InChI=1S/C20H29N3O3/c1-14(2)12-15-4-6-16(7-5-15)19(25)17-8-10-23(11-9-17)13-18(24)22-20(26)21-3/h4-7,14,17H,8-13H2,1-3H3,(H2,21,22,24,26). The van der Waals surface area contributed by atoms with E-state index in [1.165, 1.54) is 12.6 Å². The number of carbonyl (C=O) groups excluding carboxylic acids is 3. The Morgan fingerprint density at radius 1 is 1.12 bits per heavy atom. The summed E-state index contributed by atoms with van der Waals surface area (Å²) in [4.78, 5) is 37.6. The zero-order valence-electron chi connectivity index (χ0n) is 15.9. The number of hydrogen-bond acceptors (Lipinski definition) is 4. The van der Waals surface area contributed by atoms with Gasteiger partial charge >= 0.3 is 6.03 Å². The number of Topliss-reactive ketones (excluding diaryl/α,β-unsaturated/α-hetero) is 1. The molecule has 0 aliphatic carbocycles. The normalized spacial score (nSPS) is 15.7. The van der Waals surface area contributed by atoms with E-state index in [1.54, 1.807) is 0 Å². The number of piperidine rings is 1. The largest absolute Gasteiger partial charge is 0.341 e. The SMILES string of the molecule is CNC(=O)NC(=O)CN1CCC(C(=O)c2ccc(CC(C)C)cc2)CC1. The van der Waals surface area contributed by atoms with E-state index in [-0.39, 0.29) is 24.2 Å². The van der Waals surface area contributed by atoms with E-state index >= 15 is 0 Å². The number of urea groups is 1. The molecule has 0 atom stereocenters. The molecule has 0 spiro atoms. The molecule has 1 fully saturated rings. The molecule has 0 saturated carbocycles. The summed E-state index contributed by atoms with van der Waals surface area (Å²) in [6.07, 6.45) is 2.49. The summed E-state index contributed by atoms with van der Waals surface area (Å²) in [7, 11) is 1.47. The van der Waals surface area contributed by atoms with Crippen LogP contribution in [0.15, 0.2) is 24.3 Å². The van der Waals surface area contributed by atoms with Gasteiger partial charge in [-0.25, -0.2) is 4.79 Å². The topological polar surface area (TPSA) is 78.5 Å². The predicted octanol–water partition coefficient (Wildman–Crippen LogP) is 2.24. The predicted molar refractivity (Wildman–Crippen MR) is 101 cm³/mol. The maximum absolute atomic E-state index is 12.7. The summed E-state index contributed by atoms with van der Waals surface area (Å²) in [6, 6.07) is 7.46. The highest BCUT2D eigenvalue weighted by atomic mass is 16.2. The molecular formula is C20H29N3O3. The Bertz CT molecular complexity index is 632. The van der Waals surface area contributed by atoms with E-state index in [1.807, 2.05) is 29.2 Å². The van der Waals surface area contributed by atoms with Gasteiger partial charge in [0.25, 0.3) is 0 Å². The second kappa shape index (κ2) is 9.48. The Kier molecular flexibility index (Phi) is 7.33. The highest BCUT2D eigenvalue weighted by Crippen LogP contribution is 2.22. The monoisotopic (exact) mass is 359 g/mol. The fourth-order valence-corrected chi connectivity index (χ4v) is 3.30.